The molecule has 0 atom stereocenters. The average Bonchev–Trinajstić information content (AvgIpc) is 2.60. The van der Waals surface area contributed by atoms with Crippen LogP contribution in [0.25, 0.3) is 0 Å². The second-order valence-electron chi connectivity index (χ2n) is 3.66. The molecule has 5 nitrogen and oxygen atoms in total. The topological polar surface area (TPSA) is 57.1 Å². The Labute approximate surface area is 113 Å². The molecule has 1 aliphatic heterocycles. The van der Waals surface area contributed by atoms with Gasteiger partial charge in [-0.3, -0.25) is 0 Å². The van der Waals surface area contributed by atoms with Gasteiger partial charge in [-0.1, -0.05) is 0 Å². The smallest absolute Gasteiger partial charge is 0.235 e. The summed E-state index contributed by atoms with van der Waals surface area (Å²) in [5, 5.41) is 0. The van der Waals surface area contributed by atoms with E-state index in [2.05, 4.69) is 20.9 Å². The third kappa shape index (κ3) is 2.49. The highest BCUT2D eigenvalue weighted by molar-refractivity contribution is 9.10. The van der Waals surface area contributed by atoms with Gasteiger partial charge < -0.3 is 14.2 Å². The van der Waals surface area contributed by atoms with Crippen LogP contribution in [0.15, 0.2) is 15.5 Å². The molecule has 1 aromatic rings. The normalized spacial score (nSPS) is 13.4. The molecule has 0 aromatic heterocycles. The number of carbonyl (C=O) groups excluding carboxylic acids is 1. The van der Waals surface area contributed by atoms with Crippen LogP contribution in [-0.4, -0.2) is 26.4 Å². The van der Waals surface area contributed by atoms with E-state index in [1.54, 1.807) is 13.2 Å². The molecular weight excluding hydrogens is 302 g/mol. The molecule has 18 heavy (non-hydrogen) atoms. The van der Waals surface area contributed by atoms with Crippen LogP contribution < -0.4 is 14.2 Å². The summed E-state index contributed by atoms with van der Waals surface area (Å²) in [6.07, 6.45) is 2.33. The van der Waals surface area contributed by atoms with Crippen LogP contribution in [0.5, 0.6) is 17.2 Å². The van der Waals surface area contributed by atoms with Gasteiger partial charge in [0.1, 0.15) is 5.75 Å². The third-order valence-corrected chi connectivity index (χ3v) is 3.13. The summed E-state index contributed by atoms with van der Waals surface area (Å²) in [4.78, 5) is 13.9. The molecule has 0 amide bonds. The lowest BCUT2D eigenvalue weighted by Crippen LogP contribution is -2.00. The lowest BCUT2D eigenvalue weighted by atomic mass is 10.1. The van der Waals surface area contributed by atoms with Crippen molar-refractivity contribution in [3.8, 4) is 17.2 Å². The number of ether oxygens (including phenoxy) is 3. The zero-order chi connectivity index (χ0) is 13.0. The van der Waals surface area contributed by atoms with Crippen molar-refractivity contribution >= 4 is 22.0 Å². The van der Waals surface area contributed by atoms with E-state index < -0.39 is 0 Å². The maximum Gasteiger partial charge on any atom is 0.235 e. The maximum absolute atomic E-state index is 10.3. The van der Waals surface area contributed by atoms with Gasteiger partial charge in [0.25, 0.3) is 0 Å². The number of rotatable bonds is 3. The van der Waals surface area contributed by atoms with Gasteiger partial charge in [0.2, 0.25) is 6.08 Å². The summed E-state index contributed by atoms with van der Waals surface area (Å²) in [6.45, 7) is 1.32. The fraction of sp³-hybridized carbons (Fsp3) is 0.417. The van der Waals surface area contributed by atoms with Gasteiger partial charge in [-0.05, 0) is 15.9 Å². The second kappa shape index (κ2) is 5.89. The highest BCUT2D eigenvalue weighted by atomic mass is 79.9. The van der Waals surface area contributed by atoms with Gasteiger partial charge in [0, 0.05) is 12.5 Å². The molecule has 0 spiro atoms. The van der Waals surface area contributed by atoms with Crippen LogP contribution >= 0.6 is 15.9 Å². The van der Waals surface area contributed by atoms with Crippen LogP contribution in [0.4, 0.5) is 0 Å². The number of benzene rings is 1. The molecular formula is C12H12BrNO4. The minimum Gasteiger partial charge on any atom is -0.495 e. The van der Waals surface area contributed by atoms with Crippen LogP contribution in [-0.2, 0) is 11.3 Å². The Hall–Kier alpha value is -1.52. The van der Waals surface area contributed by atoms with E-state index in [-0.39, 0.29) is 6.54 Å². The Balaban J connectivity index is 2.56. The summed E-state index contributed by atoms with van der Waals surface area (Å²) in [5.41, 5.74) is 0.687. The third-order valence-electron chi connectivity index (χ3n) is 2.55. The molecule has 1 aliphatic rings. The Morgan fingerprint density at radius 1 is 1.50 bits per heavy atom. The maximum atomic E-state index is 10.3. The summed E-state index contributed by atoms with van der Waals surface area (Å²) in [7, 11) is 1.55. The summed E-state index contributed by atoms with van der Waals surface area (Å²) < 4.78 is 17.3. The van der Waals surface area contributed by atoms with Crippen molar-refractivity contribution in [3.63, 3.8) is 0 Å². The van der Waals surface area contributed by atoms with Crippen molar-refractivity contribution in [2.75, 3.05) is 20.3 Å². The molecule has 0 bridgehead atoms. The van der Waals surface area contributed by atoms with Crippen molar-refractivity contribution in [2.24, 2.45) is 4.99 Å². The van der Waals surface area contributed by atoms with Gasteiger partial charge >= 0.3 is 0 Å². The second-order valence-corrected chi connectivity index (χ2v) is 4.51. The largest absolute Gasteiger partial charge is 0.495 e. The van der Waals surface area contributed by atoms with Crippen LogP contribution in [0.3, 0.4) is 0 Å². The van der Waals surface area contributed by atoms with Gasteiger partial charge in [-0.2, -0.15) is 0 Å². The van der Waals surface area contributed by atoms with E-state index in [9.17, 15) is 4.79 Å². The monoisotopic (exact) mass is 313 g/mol. The summed E-state index contributed by atoms with van der Waals surface area (Å²) in [5.74, 6) is 1.82. The van der Waals surface area contributed by atoms with E-state index >= 15 is 0 Å². The molecule has 96 valence electrons. The van der Waals surface area contributed by atoms with Gasteiger partial charge in [0.15, 0.2) is 11.5 Å². The Kier molecular flexibility index (Phi) is 4.23. The van der Waals surface area contributed by atoms with Gasteiger partial charge in [0.05, 0.1) is 36.9 Å². The number of aliphatic imine (C=N–C) groups is 1. The van der Waals surface area contributed by atoms with Crippen molar-refractivity contribution < 1.29 is 19.0 Å². The first-order chi connectivity index (χ1) is 8.77. The molecule has 0 N–H and O–H groups in total. The molecule has 1 heterocycles. The predicted molar refractivity (Wildman–Crippen MR) is 68.1 cm³/mol. The molecule has 6 heteroatoms. The molecule has 0 aliphatic carbocycles. The Bertz CT molecular complexity index is 497. The van der Waals surface area contributed by atoms with Crippen molar-refractivity contribution in [2.45, 2.75) is 13.0 Å². The number of fused-ring (bicyclic) bond motifs is 1. The Morgan fingerprint density at radius 2 is 2.28 bits per heavy atom. The Morgan fingerprint density at radius 3 is 3.00 bits per heavy atom. The minimum atomic E-state index is 0.151. The average molecular weight is 314 g/mol. The van der Waals surface area contributed by atoms with Crippen LogP contribution in [0.1, 0.15) is 12.0 Å². The fourth-order valence-electron chi connectivity index (χ4n) is 1.80. The van der Waals surface area contributed by atoms with Crippen molar-refractivity contribution in [1.82, 2.24) is 0 Å². The molecule has 1 aromatic carbocycles. The highest BCUT2D eigenvalue weighted by Crippen LogP contribution is 2.44. The number of isocyanates is 1. The fourth-order valence-corrected chi connectivity index (χ4v) is 2.41. The SMILES string of the molecule is COc1c(Br)cc2c(c1CN=C=O)OCCCO2. The first-order valence-corrected chi connectivity index (χ1v) is 6.25. The van der Waals surface area contributed by atoms with E-state index in [1.165, 1.54) is 6.08 Å². The molecule has 2 rings (SSSR count). The molecule has 0 fully saturated rings. The first kappa shape index (κ1) is 12.9. The van der Waals surface area contributed by atoms with E-state index in [1.807, 2.05) is 0 Å². The highest BCUT2D eigenvalue weighted by Gasteiger charge is 2.21. The van der Waals surface area contributed by atoms with E-state index in [4.69, 9.17) is 14.2 Å². The van der Waals surface area contributed by atoms with Crippen molar-refractivity contribution in [3.05, 3.63) is 16.1 Å². The number of nitrogens with zero attached hydrogens (tertiary/aromatic N) is 1. The number of halogens is 1. The number of hydrogen-bond acceptors (Lipinski definition) is 5. The number of methoxy groups -OCH3 is 1. The molecule has 0 saturated carbocycles. The molecule has 0 radical (unpaired) electrons. The molecule has 0 saturated heterocycles. The quantitative estimate of drug-likeness (QED) is 0.635. The molecule has 0 unspecified atom stereocenters. The van der Waals surface area contributed by atoms with E-state index in [0.29, 0.717) is 36.0 Å². The zero-order valence-corrected chi connectivity index (χ0v) is 11.4. The van der Waals surface area contributed by atoms with Crippen LogP contribution in [0, 0.1) is 0 Å². The van der Waals surface area contributed by atoms with E-state index in [0.717, 1.165) is 10.9 Å². The standard InChI is InChI=1S/C12H12BrNO4/c1-16-11-8(6-14-7-15)12-10(5-9(11)13)17-3-2-4-18-12/h5H,2-4,6H2,1H3. The lowest BCUT2D eigenvalue weighted by Gasteiger charge is -2.16. The summed E-state index contributed by atoms with van der Waals surface area (Å²) in [6, 6.07) is 1.80. The number of hydrogen-bond donors (Lipinski definition) is 0. The predicted octanol–water partition coefficient (Wildman–Crippen LogP) is 2.45. The lowest BCUT2D eigenvalue weighted by molar-refractivity contribution is 0.295. The summed E-state index contributed by atoms with van der Waals surface area (Å²) >= 11 is 3.40. The van der Waals surface area contributed by atoms with Crippen molar-refractivity contribution in [1.29, 1.82) is 0 Å². The minimum absolute atomic E-state index is 0.151. The zero-order valence-electron chi connectivity index (χ0n) is 9.86. The van der Waals surface area contributed by atoms with Gasteiger partial charge in [-0.15, -0.1) is 0 Å². The first-order valence-electron chi connectivity index (χ1n) is 5.46. The van der Waals surface area contributed by atoms with Crippen LogP contribution in [0.2, 0.25) is 0 Å². The van der Waals surface area contributed by atoms with Gasteiger partial charge in [-0.25, -0.2) is 9.79 Å².